The van der Waals surface area contributed by atoms with Gasteiger partial charge in [-0.1, -0.05) is 6.92 Å². The predicted molar refractivity (Wildman–Crippen MR) is 133 cm³/mol. The molecule has 3 heterocycles. The van der Waals surface area contributed by atoms with Gasteiger partial charge in [0.15, 0.2) is 0 Å². The largest absolute Gasteiger partial charge is 0.458 e. The van der Waals surface area contributed by atoms with Crippen molar-refractivity contribution >= 4 is 12.3 Å². The number of esters is 1. The first-order valence-electron chi connectivity index (χ1n) is 14.6. The number of carbonyl (C=O) groups is 2. The molecule has 216 valence electrons. The van der Waals surface area contributed by atoms with E-state index in [9.17, 15) is 30.0 Å². The van der Waals surface area contributed by atoms with E-state index in [0.29, 0.717) is 25.9 Å². The van der Waals surface area contributed by atoms with E-state index in [4.69, 9.17) is 18.9 Å². The minimum atomic E-state index is -2.19. The van der Waals surface area contributed by atoms with Gasteiger partial charge in [0.1, 0.15) is 25.1 Å². The first kappa shape index (κ1) is 26.5. The first-order chi connectivity index (χ1) is 18.5. The van der Waals surface area contributed by atoms with E-state index in [2.05, 4.69) is 6.92 Å². The van der Waals surface area contributed by atoms with Gasteiger partial charge in [0.2, 0.25) is 12.1 Å². The van der Waals surface area contributed by atoms with Gasteiger partial charge in [0.25, 0.3) is 0 Å². The lowest BCUT2D eigenvalue weighted by Gasteiger charge is -2.64. The Morgan fingerprint density at radius 3 is 2.54 bits per heavy atom. The van der Waals surface area contributed by atoms with Crippen LogP contribution in [0.15, 0.2) is 11.6 Å². The van der Waals surface area contributed by atoms with Crippen LogP contribution in [0, 0.1) is 34.5 Å². The molecule has 7 aliphatic rings. The number of aliphatic hydroxyl groups is 4. The van der Waals surface area contributed by atoms with E-state index in [1.807, 2.05) is 0 Å². The molecule has 10 heteroatoms. The number of hydrogen-bond acceptors (Lipinski definition) is 10. The highest BCUT2D eigenvalue weighted by Gasteiger charge is 2.71. The summed E-state index contributed by atoms with van der Waals surface area (Å²) < 4.78 is 23.2. The van der Waals surface area contributed by atoms with Crippen molar-refractivity contribution < 1.29 is 49.0 Å². The van der Waals surface area contributed by atoms with Crippen LogP contribution in [0.3, 0.4) is 0 Å². The van der Waals surface area contributed by atoms with Crippen LogP contribution in [0.4, 0.5) is 0 Å². The molecule has 0 bridgehead atoms. The molecule has 3 aliphatic heterocycles. The van der Waals surface area contributed by atoms with Crippen LogP contribution in [0.2, 0.25) is 0 Å². The fraction of sp³-hybridized carbons (Fsp3) is 0.862. The summed E-state index contributed by atoms with van der Waals surface area (Å²) in [6.45, 7) is 4.04. The molecular formula is C29H40O10. The van der Waals surface area contributed by atoms with Gasteiger partial charge in [0.05, 0.1) is 23.9 Å². The Hall–Kier alpha value is -1.40. The average Bonchev–Trinajstić information content (AvgIpc) is 3.45. The Kier molecular flexibility index (Phi) is 5.82. The van der Waals surface area contributed by atoms with Crippen molar-refractivity contribution in [1.82, 2.24) is 0 Å². The fourth-order valence-electron chi connectivity index (χ4n) is 10.2. The van der Waals surface area contributed by atoms with Crippen molar-refractivity contribution in [2.24, 2.45) is 34.5 Å². The van der Waals surface area contributed by atoms with E-state index in [0.717, 1.165) is 44.0 Å². The van der Waals surface area contributed by atoms with Crippen LogP contribution in [0.5, 0.6) is 0 Å². The lowest BCUT2D eigenvalue weighted by atomic mass is 9.42. The van der Waals surface area contributed by atoms with Gasteiger partial charge < -0.3 is 44.2 Å². The van der Waals surface area contributed by atoms with E-state index in [-0.39, 0.29) is 29.6 Å². The molecule has 0 aromatic rings. The average molecular weight is 549 g/mol. The maximum Gasteiger partial charge on any atom is 0.331 e. The second kappa shape index (κ2) is 8.56. The maximum atomic E-state index is 13.1. The van der Waals surface area contributed by atoms with Crippen molar-refractivity contribution in [2.45, 2.75) is 113 Å². The molecule has 2 saturated heterocycles. The van der Waals surface area contributed by atoms with Gasteiger partial charge in [-0.05, 0) is 87.5 Å². The second-order valence-electron chi connectivity index (χ2n) is 13.6. The summed E-state index contributed by atoms with van der Waals surface area (Å²) in [6.07, 6.45) is 2.01. The summed E-state index contributed by atoms with van der Waals surface area (Å²) in [6, 6.07) is 0. The molecular weight excluding hydrogens is 508 g/mol. The van der Waals surface area contributed by atoms with Gasteiger partial charge >= 0.3 is 5.97 Å². The van der Waals surface area contributed by atoms with Crippen molar-refractivity contribution in [1.29, 1.82) is 0 Å². The second-order valence-corrected chi connectivity index (χ2v) is 13.6. The van der Waals surface area contributed by atoms with Gasteiger partial charge in [-0.2, -0.15) is 0 Å². The summed E-state index contributed by atoms with van der Waals surface area (Å²) in [5.41, 5.74) is -1.07. The Bertz CT molecular complexity index is 1090. The third-order valence-electron chi connectivity index (χ3n) is 12.3. The number of aldehydes is 1. The van der Waals surface area contributed by atoms with Crippen molar-refractivity contribution in [3.63, 3.8) is 0 Å². The number of ether oxygens (including phenoxy) is 4. The SMILES string of the molecule is C[C@H]1O[C@H]2O[C@@H]3C[C@@]4(C=O)[C@@H](CC[C@@H]5[C@@H]4CC[C@]4(C)[C@@H](C6=CC(=O)OC6)CC[C@]54O)C[C@H]3O[C@@]2(O)[C@H](O)[C@@H]1O. The highest BCUT2D eigenvalue weighted by molar-refractivity contribution is 5.85. The summed E-state index contributed by atoms with van der Waals surface area (Å²) in [7, 11) is 0. The van der Waals surface area contributed by atoms with E-state index < -0.39 is 59.0 Å². The molecule has 7 rings (SSSR count). The quantitative estimate of drug-likeness (QED) is 0.223. The number of rotatable bonds is 2. The molecule has 0 spiro atoms. The van der Waals surface area contributed by atoms with Crippen molar-refractivity contribution in [2.75, 3.05) is 6.61 Å². The van der Waals surface area contributed by atoms with Crippen molar-refractivity contribution in [3.05, 3.63) is 11.6 Å². The van der Waals surface area contributed by atoms with E-state index >= 15 is 0 Å². The van der Waals surface area contributed by atoms with E-state index in [1.165, 1.54) is 0 Å². The smallest absolute Gasteiger partial charge is 0.331 e. The predicted octanol–water partition coefficient (Wildman–Crippen LogP) is 0.972. The third-order valence-corrected chi connectivity index (χ3v) is 12.3. The van der Waals surface area contributed by atoms with Crippen LogP contribution in [-0.2, 0) is 28.5 Å². The molecule has 4 aliphatic carbocycles. The molecule has 39 heavy (non-hydrogen) atoms. The van der Waals surface area contributed by atoms with Crippen LogP contribution in [-0.4, -0.2) is 87.5 Å². The molecule has 14 atom stereocenters. The third kappa shape index (κ3) is 3.34. The van der Waals surface area contributed by atoms with Crippen LogP contribution < -0.4 is 0 Å². The standard InChI is InChI=1S/C29H40O10/c1-14-23(32)24(33)29(35)25(37-14)38-21-11-27(13-30)16(10-20(21)39-29)3-4-19-18(27)5-7-26(2)17(6-8-28(19,26)34)15-9-22(31)36-12-15/h9,13-14,16-21,23-25,32-35H,3-8,10-12H2,1-2H3/t14-,16+,17-,18+,19-,20-,21-,23-,24-,25+,26-,27-,28+,29+/m1/s1. The number of hydrogen-bond donors (Lipinski definition) is 4. The normalized spacial score (nSPS) is 58.2. The number of fused-ring (bicyclic) bond motifs is 7. The van der Waals surface area contributed by atoms with Crippen LogP contribution in [0.25, 0.3) is 0 Å². The molecule has 6 fully saturated rings. The van der Waals surface area contributed by atoms with E-state index in [1.54, 1.807) is 13.0 Å². The Labute approximate surface area is 227 Å². The van der Waals surface area contributed by atoms with Gasteiger partial charge in [-0.15, -0.1) is 0 Å². The highest BCUT2D eigenvalue weighted by atomic mass is 16.8. The lowest BCUT2D eigenvalue weighted by molar-refractivity contribution is -0.468. The summed E-state index contributed by atoms with van der Waals surface area (Å²) in [4.78, 5) is 25.0. The Morgan fingerprint density at radius 2 is 1.82 bits per heavy atom. The van der Waals surface area contributed by atoms with Gasteiger partial charge in [0, 0.05) is 16.9 Å². The zero-order valence-electron chi connectivity index (χ0n) is 22.5. The summed E-state index contributed by atoms with van der Waals surface area (Å²) in [5.74, 6) is -2.51. The van der Waals surface area contributed by atoms with Crippen LogP contribution in [0.1, 0.15) is 65.2 Å². The molecule has 0 aromatic carbocycles. The topological polar surface area (TPSA) is 152 Å². The molecule has 4 N–H and O–H groups in total. The summed E-state index contributed by atoms with van der Waals surface area (Å²) >= 11 is 0. The summed E-state index contributed by atoms with van der Waals surface area (Å²) in [5, 5.41) is 44.5. The molecule has 0 aromatic heterocycles. The molecule has 0 radical (unpaired) electrons. The van der Waals surface area contributed by atoms with Crippen LogP contribution >= 0.6 is 0 Å². The monoisotopic (exact) mass is 548 g/mol. The van der Waals surface area contributed by atoms with Gasteiger partial charge in [-0.25, -0.2) is 4.79 Å². The molecule has 10 nitrogen and oxygen atoms in total. The minimum Gasteiger partial charge on any atom is -0.458 e. The number of aliphatic hydroxyl groups excluding tert-OH is 2. The zero-order chi connectivity index (χ0) is 27.5. The number of carbonyl (C=O) groups excluding carboxylic acids is 2. The first-order valence-corrected chi connectivity index (χ1v) is 14.6. The molecule has 4 saturated carbocycles. The fourth-order valence-corrected chi connectivity index (χ4v) is 10.2. The highest BCUT2D eigenvalue weighted by Crippen LogP contribution is 2.70. The number of cyclic esters (lactones) is 1. The molecule has 0 unspecified atom stereocenters. The molecule has 0 amide bonds. The zero-order valence-corrected chi connectivity index (χ0v) is 22.5. The Morgan fingerprint density at radius 1 is 1.03 bits per heavy atom. The maximum absolute atomic E-state index is 13.1. The Balaban J connectivity index is 1.17. The minimum absolute atomic E-state index is 0.0135. The lowest BCUT2D eigenvalue weighted by Crippen LogP contribution is -2.73. The van der Waals surface area contributed by atoms with Crippen molar-refractivity contribution in [3.8, 4) is 0 Å². The van der Waals surface area contributed by atoms with Gasteiger partial charge in [-0.3, -0.25) is 0 Å².